The van der Waals surface area contributed by atoms with Crippen LogP contribution in [0.5, 0.6) is 5.75 Å². The van der Waals surface area contributed by atoms with E-state index in [1.165, 1.54) is 0 Å². The standard InChI is InChI=1S/C11H12Cl2O2/c1-3-15-9-5-4-8(6-7(9)2)10(14)11(12)13/h4-6,11H,3H2,1-2H3. The molecule has 0 atom stereocenters. The summed E-state index contributed by atoms with van der Waals surface area (Å²) in [5.74, 6) is 0.485. The van der Waals surface area contributed by atoms with Gasteiger partial charge in [-0.3, -0.25) is 4.79 Å². The third-order valence-electron chi connectivity index (χ3n) is 1.96. The molecule has 1 rings (SSSR count). The lowest BCUT2D eigenvalue weighted by Crippen LogP contribution is -2.08. The summed E-state index contributed by atoms with van der Waals surface area (Å²) in [5.41, 5.74) is 1.41. The number of Topliss-reactive ketones (excluding diaryl/α,β-unsaturated/α-hetero) is 1. The van der Waals surface area contributed by atoms with Crippen molar-refractivity contribution in [2.45, 2.75) is 18.7 Å². The lowest BCUT2D eigenvalue weighted by atomic mass is 10.1. The predicted molar refractivity (Wildman–Crippen MR) is 62.2 cm³/mol. The second-order valence-corrected chi connectivity index (χ2v) is 4.17. The van der Waals surface area contributed by atoms with Crippen LogP contribution in [0.2, 0.25) is 0 Å². The smallest absolute Gasteiger partial charge is 0.195 e. The Morgan fingerprint density at radius 3 is 2.60 bits per heavy atom. The number of ether oxygens (including phenoxy) is 1. The maximum atomic E-state index is 11.5. The minimum atomic E-state index is -1.01. The van der Waals surface area contributed by atoms with E-state index in [0.29, 0.717) is 12.2 Å². The van der Waals surface area contributed by atoms with Crippen molar-refractivity contribution < 1.29 is 9.53 Å². The number of halogens is 2. The number of hydrogen-bond acceptors (Lipinski definition) is 2. The molecular formula is C11H12Cl2O2. The fourth-order valence-electron chi connectivity index (χ4n) is 1.25. The average molecular weight is 247 g/mol. The highest BCUT2D eigenvalue weighted by atomic mass is 35.5. The molecule has 2 nitrogen and oxygen atoms in total. The number of alkyl halides is 2. The second kappa shape index (κ2) is 5.38. The summed E-state index contributed by atoms with van der Waals surface area (Å²) in [4.78, 5) is 10.4. The van der Waals surface area contributed by atoms with Gasteiger partial charge in [-0.25, -0.2) is 0 Å². The SMILES string of the molecule is CCOc1ccc(C(=O)C(Cl)Cl)cc1C. The van der Waals surface area contributed by atoms with Crippen molar-refractivity contribution in [1.82, 2.24) is 0 Å². The van der Waals surface area contributed by atoms with Crippen LogP contribution >= 0.6 is 23.2 Å². The van der Waals surface area contributed by atoms with Crippen LogP contribution in [-0.2, 0) is 0 Å². The minimum absolute atomic E-state index is 0.288. The van der Waals surface area contributed by atoms with Crippen molar-refractivity contribution in [1.29, 1.82) is 0 Å². The van der Waals surface area contributed by atoms with E-state index in [9.17, 15) is 4.79 Å². The van der Waals surface area contributed by atoms with Gasteiger partial charge in [0.2, 0.25) is 0 Å². The molecule has 0 heterocycles. The van der Waals surface area contributed by atoms with Gasteiger partial charge in [0.1, 0.15) is 5.75 Å². The zero-order valence-corrected chi connectivity index (χ0v) is 10.1. The van der Waals surface area contributed by atoms with E-state index in [1.807, 2.05) is 13.8 Å². The van der Waals surface area contributed by atoms with Gasteiger partial charge < -0.3 is 4.74 Å². The molecule has 0 spiro atoms. The van der Waals surface area contributed by atoms with Crippen LogP contribution < -0.4 is 4.74 Å². The normalized spacial score (nSPS) is 10.5. The number of hydrogen-bond donors (Lipinski definition) is 0. The van der Waals surface area contributed by atoms with E-state index in [1.54, 1.807) is 18.2 Å². The predicted octanol–water partition coefficient (Wildman–Crippen LogP) is 3.38. The second-order valence-electron chi connectivity index (χ2n) is 3.08. The van der Waals surface area contributed by atoms with Crippen molar-refractivity contribution in [2.24, 2.45) is 0 Å². The van der Waals surface area contributed by atoms with Crippen molar-refractivity contribution in [2.75, 3.05) is 6.61 Å². The Morgan fingerprint density at radius 2 is 2.13 bits per heavy atom. The maximum Gasteiger partial charge on any atom is 0.195 e. The molecule has 1 aromatic rings. The fraction of sp³-hybridized carbons (Fsp3) is 0.364. The van der Waals surface area contributed by atoms with E-state index < -0.39 is 4.84 Å². The molecule has 82 valence electrons. The van der Waals surface area contributed by atoms with Crippen LogP contribution in [0.4, 0.5) is 0 Å². The van der Waals surface area contributed by atoms with Crippen molar-refractivity contribution >= 4 is 29.0 Å². The highest BCUT2D eigenvalue weighted by molar-refractivity contribution is 6.55. The molecular weight excluding hydrogens is 235 g/mol. The van der Waals surface area contributed by atoms with Crippen LogP contribution in [0.3, 0.4) is 0 Å². The molecule has 15 heavy (non-hydrogen) atoms. The first-order valence-electron chi connectivity index (χ1n) is 4.62. The monoisotopic (exact) mass is 246 g/mol. The molecule has 1 aromatic carbocycles. The molecule has 0 bridgehead atoms. The Balaban J connectivity index is 2.96. The van der Waals surface area contributed by atoms with Crippen molar-refractivity contribution in [3.63, 3.8) is 0 Å². The molecule has 0 aliphatic carbocycles. The third-order valence-corrected chi connectivity index (χ3v) is 2.35. The molecule has 0 N–H and O–H groups in total. The van der Waals surface area contributed by atoms with Gasteiger partial charge in [-0.05, 0) is 37.6 Å². The number of benzene rings is 1. The molecule has 0 radical (unpaired) electrons. The van der Waals surface area contributed by atoms with Crippen LogP contribution in [0.1, 0.15) is 22.8 Å². The average Bonchev–Trinajstić information content (AvgIpc) is 2.20. The first-order chi connectivity index (χ1) is 7.06. The van der Waals surface area contributed by atoms with Crippen LogP contribution in [-0.4, -0.2) is 17.2 Å². The minimum Gasteiger partial charge on any atom is -0.494 e. The number of carbonyl (C=O) groups is 1. The van der Waals surface area contributed by atoms with Gasteiger partial charge in [-0.2, -0.15) is 0 Å². The highest BCUT2D eigenvalue weighted by Crippen LogP contribution is 2.21. The molecule has 0 aliphatic heterocycles. The van der Waals surface area contributed by atoms with Crippen LogP contribution in [0.15, 0.2) is 18.2 Å². The number of rotatable bonds is 4. The van der Waals surface area contributed by atoms with Crippen molar-refractivity contribution in [3.8, 4) is 5.75 Å². The Hall–Kier alpha value is -0.730. The van der Waals surface area contributed by atoms with Gasteiger partial charge in [0.15, 0.2) is 10.6 Å². The van der Waals surface area contributed by atoms with Crippen LogP contribution in [0.25, 0.3) is 0 Å². The third kappa shape index (κ3) is 3.11. The Labute approximate surface area is 99.1 Å². The summed E-state index contributed by atoms with van der Waals surface area (Å²) in [5, 5.41) is 0. The number of ketones is 1. The summed E-state index contributed by atoms with van der Waals surface area (Å²) >= 11 is 11.0. The van der Waals surface area contributed by atoms with Gasteiger partial charge in [-0.15, -0.1) is 0 Å². The van der Waals surface area contributed by atoms with E-state index in [0.717, 1.165) is 11.3 Å². The van der Waals surface area contributed by atoms with Gasteiger partial charge >= 0.3 is 0 Å². The zero-order chi connectivity index (χ0) is 11.4. The van der Waals surface area contributed by atoms with Gasteiger partial charge in [0, 0.05) is 5.56 Å². The Morgan fingerprint density at radius 1 is 1.47 bits per heavy atom. The molecule has 0 aromatic heterocycles. The molecule has 0 aliphatic rings. The van der Waals surface area contributed by atoms with Gasteiger partial charge in [0.05, 0.1) is 6.61 Å². The maximum absolute atomic E-state index is 11.5. The Kier molecular flexibility index (Phi) is 4.43. The summed E-state index contributed by atoms with van der Waals surface area (Å²) in [7, 11) is 0. The first-order valence-corrected chi connectivity index (χ1v) is 5.49. The van der Waals surface area contributed by atoms with Crippen molar-refractivity contribution in [3.05, 3.63) is 29.3 Å². The molecule has 0 saturated carbocycles. The molecule has 0 amide bonds. The zero-order valence-electron chi connectivity index (χ0n) is 8.59. The lowest BCUT2D eigenvalue weighted by molar-refractivity contribution is 0.101. The summed E-state index contributed by atoms with van der Waals surface area (Å²) in [6.45, 7) is 4.38. The number of carbonyl (C=O) groups excluding carboxylic acids is 1. The molecule has 4 heteroatoms. The lowest BCUT2D eigenvalue weighted by Gasteiger charge is -2.08. The summed E-state index contributed by atoms with van der Waals surface area (Å²) < 4.78 is 5.35. The molecule has 0 unspecified atom stereocenters. The summed E-state index contributed by atoms with van der Waals surface area (Å²) in [6.07, 6.45) is 0. The molecule has 0 fully saturated rings. The van der Waals surface area contributed by atoms with Crippen LogP contribution in [0, 0.1) is 6.92 Å². The fourth-order valence-corrected chi connectivity index (χ4v) is 1.50. The van der Waals surface area contributed by atoms with E-state index in [2.05, 4.69) is 0 Å². The van der Waals surface area contributed by atoms with E-state index in [-0.39, 0.29) is 5.78 Å². The van der Waals surface area contributed by atoms with E-state index in [4.69, 9.17) is 27.9 Å². The Bertz CT molecular complexity index is 362. The van der Waals surface area contributed by atoms with E-state index >= 15 is 0 Å². The first kappa shape index (κ1) is 12.3. The highest BCUT2D eigenvalue weighted by Gasteiger charge is 2.15. The quantitative estimate of drug-likeness (QED) is 0.602. The number of aryl methyl sites for hydroxylation is 1. The molecule has 0 saturated heterocycles. The largest absolute Gasteiger partial charge is 0.494 e. The topological polar surface area (TPSA) is 26.3 Å². The summed E-state index contributed by atoms with van der Waals surface area (Å²) in [6, 6.07) is 5.14. The van der Waals surface area contributed by atoms with Gasteiger partial charge in [-0.1, -0.05) is 23.2 Å². The van der Waals surface area contributed by atoms with Gasteiger partial charge in [0.25, 0.3) is 0 Å².